The number of carbonyl (C=O) groups is 1. The second-order valence-corrected chi connectivity index (χ2v) is 1.64. The van der Waals surface area contributed by atoms with Gasteiger partial charge in [0.05, 0.1) is 0 Å². The molecule has 50 valence electrons. The molecule has 0 rings (SSSR count). The Morgan fingerprint density at radius 1 is 1.56 bits per heavy atom. The maximum atomic E-state index is 8.56. The van der Waals surface area contributed by atoms with Crippen molar-refractivity contribution >= 4 is 23.9 Å². The summed E-state index contributed by atoms with van der Waals surface area (Å²) in [5.74, 6) is 0. The fourth-order valence-corrected chi connectivity index (χ4v) is 0.354. The molecule has 0 aliphatic carbocycles. The molecular weight excluding hydrogens is 115 g/mol. The molecule has 4 heteroatoms. The first-order valence-corrected chi connectivity index (χ1v) is 3.07. The summed E-state index contributed by atoms with van der Waals surface area (Å²) in [6, 6.07) is 0. The van der Waals surface area contributed by atoms with Crippen LogP contribution in [0.3, 0.4) is 0 Å². The SMILES string of the molecule is O=C(O)O.[Li][CH2]CCC. The first-order chi connectivity index (χ1) is 4.15. The van der Waals surface area contributed by atoms with Crippen molar-refractivity contribution in [2.75, 3.05) is 0 Å². The summed E-state index contributed by atoms with van der Waals surface area (Å²) in [6.45, 7) is 2.21. The van der Waals surface area contributed by atoms with E-state index in [1.807, 2.05) is 0 Å². The third-order valence-corrected chi connectivity index (χ3v) is 0.707. The van der Waals surface area contributed by atoms with Crippen LogP contribution in [-0.4, -0.2) is 34.1 Å². The van der Waals surface area contributed by atoms with Gasteiger partial charge in [0.2, 0.25) is 0 Å². The third kappa shape index (κ3) is 77.7. The molecule has 2 N–H and O–H groups in total. The molecule has 0 fully saturated rings. The zero-order valence-electron chi connectivity index (χ0n) is 5.92. The van der Waals surface area contributed by atoms with Crippen LogP contribution in [0.15, 0.2) is 0 Å². The first-order valence-electron chi connectivity index (χ1n) is 3.07. The van der Waals surface area contributed by atoms with Crippen LogP contribution in [0.25, 0.3) is 0 Å². The standard InChI is InChI=1S/C4H9.CH2O3.Li/c1-3-4-2;2-1(3)4;/h1,3-4H2,2H3;(H2,2,3,4);. The maximum absolute atomic E-state index is 8.56. The Kier molecular flexibility index (Phi) is 13.9. The Morgan fingerprint density at radius 3 is 1.89 bits per heavy atom. The first kappa shape index (κ1) is 11.6. The van der Waals surface area contributed by atoms with Crippen LogP contribution in [0.5, 0.6) is 0 Å². The molecular formula is C5H11LiO3. The van der Waals surface area contributed by atoms with Crippen molar-refractivity contribution in [3.8, 4) is 0 Å². The minimum atomic E-state index is -1.83. The number of unbranched alkanes of at least 4 members (excludes halogenated alkanes) is 1. The summed E-state index contributed by atoms with van der Waals surface area (Å²) in [7, 11) is 0. The van der Waals surface area contributed by atoms with Gasteiger partial charge in [0.15, 0.2) is 0 Å². The normalized spacial score (nSPS) is 7.44. The molecule has 0 amide bonds. The second-order valence-electron chi connectivity index (χ2n) is 1.64. The summed E-state index contributed by atoms with van der Waals surface area (Å²) in [4.78, 5) is 8.56. The zero-order valence-corrected chi connectivity index (χ0v) is 5.92. The Hall–Kier alpha value is -0.133. The van der Waals surface area contributed by atoms with Gasteiger partial charge in [0, 0.05) is 0 Å². The van der Waals surface area contributed by atoms with Crippen molar-refractivity contribution in [3.05, 3.63) is 0 Å². The Labute approximate surface area is 64.3 Å². The van der Waals surface area contributed by atoms with Crippen molar-refractivity contribution in [1.82, 2.24) is 0 Å². The van der Waals surface area contributed by atoms with Gasteiger partial charge >= 0.3 is 48.7 Å². The van der Waals surface area contributed by atoms with E-state index in [4.69, 9.17) is 15.0 Å². The Bertz CT molecular complexity index is 59.2. The number of rotatable bonds is 2. The summed E-state index contributed by atoms with van der Waals surface area (Å²) in [5.41, 5.74) is 0. The van der Waals surface area contributed by atoms with E-state index in [0.717, 1.165) is 0 Å². The van der Waals surface area contributed by atoms with Crippen molar-refractivity contribution < 1.29 is 15.0 Å². The summed E-state index contributed by atoms with van der Waals surface area (Å²) in [6.07, 6.45) is 0.899. The van der Waals surface area contributed by atoms with Crippen LogP contribution in [0.4, 0.5) is 4.79 Å². The summed E-state index contributed by atoms with van der Waals surface area (Å²) < 4.78 is 0. The quantitative estimate of drug-likeness (QED) is 0.552. The third-order valence-electron chi connectivity index (χ3n) is 0.707. The van der Waals surface area contributed by atoms with Gasteiger partial charge in [-0.15, -0.1) is 0 Å². The molecule has 0 aromatic carbocycles. The van der Waals surface area contributed by atoms with Crippen LogP contribution < -0.4 is 0 Å². The molecule has 0 aromatic rings. The Balaban J connectivity index is 0. The van der Waals surface area contributed by atoms with E-state index in [2.05, 4.69) is 24.6 Å². The molecule has 0 spiro atoms. The number of hydrogen-bond acceptors (Lipinski definition) is 1. The molecule has 3 nitrogen and oxygen atoms in total. The molecule has 0 atom stereocenters. The molecule has 0 aromatic heterocycles. The van der Waals surface area contributed by atoms with Gasteiger partial charge in [-0.3, -0.25) is 0 Å². The average Bonchev–Trinajstić information content (AvgIpc) is 1.66. The topological polar surface area (TPSA) is 57.5 Å². The van der Waals surface area contributed by atoms with E-state index in [9.17, 15) is 0 Å². The predicted octanol–water partition coefficient (Wildman–Crippen LogP) is 1.60. The van der Waals surface area contributed by atoms with Gasteiger partial charge in [-0.1, -0.05) is 0 Å². The van der Waals surface area contributed by atoms with Gasteiger partial charge in [0.25, 0.3) is 0 Å². The van der Waals surface area contributed by atoms with Crippen molar-refractivity contribution in [1.29, 1.82) is 0 Å². The monoisotopic (exact) mass is 126 g/mol. The van der Waals surface area contributed by atoms with Crippen LogP contribution in [0.1, 0.15) is 19.8 Å². The fraction of sp³-hybridized carbons (Fsp3) is 0.800. The van der Waals surface area contributed by atoms with E-state index in [1.165, 1.54) is 17.9 Å². The predicted molar refractivity (Wildman–Crippen MR) is 36.1 cm³/mol. The van der Waals surface area contributed by atoms with E-state index in [0.29, 0.717) is 0 Å². The van der Waals surface area contributed by atoms with Gasteiger partial charge in [-0.05, 0) is 0 Å². The molecule has 0 radical (unpaired) electrons. The van der Waals surface area contributed by atoms with Crippen LogP contribution in [0.2, 0.25) is 5.09 Å². The summed E-state index contributed by atoms with van der Waals surface area (Å²) in [5, 5.41) is 15.3. The van der Waals surface area contributed by atoms with Crippen molar-refractivity contribution in [2.24, 2.45) is 0 Å². The minimum absolute atomic E-state index is 1.34. The van der Waals surface area contributed by atoms with Crippen molar-refractivity contribution in [3.63, 3.8) is 0 Å². The number of carboxylic acid groups (broad SMARTS) is 2. The van der Waals surface area contributed by atoms with Crippen molar-refractivity contribution in [2.45, 2.75) is 24.9 Å². The molecule has 0 aliphatic heterocycles. The molecule has 0 bridgehead atoms. The van der Waals surface area contributed by atoms with Gasteiger partial charge < -0.3 is 10.2 Å². The van der Waals surface area contributed by atoms with Gasteiger partial charge in [0.1, 0.15) is 0 Å². The fourth-order valence-electron chi connectivity index (χ4n) is 0.354. The molecule has 0 saturated carbocycles. The van der Waals surface area contributed by atoms with E-state index in [1.54, 1.807) is 0 Å². The summed E-state index contributed by atoms with van der Waals surface area (Å²) >= 11 is 2.21. The molecule has 0 saturated heterocycles. The number of hydrogen-bond donors (Lipinski definition) is 2. The van der Waals surface area contributed by atoms with E-state index < -0.39 is 6.16 Å². The van der Waals surface area contributed by atoms with Crippen LogP contribution in [0, 0.1) is 0 Å². The van der Waals surface area contributed by atoms with Gasteiger partial charge in [-0.2, -0.15) is 0 Å². The van der Waals surface area contributed by atoms with Crippen LogP contribution >= 0.6 is 0 Å². The van der Waals surface area contributed by atoms with E-state index >= 15 is 0 Å². The second kappa shape index (κ2) is 10.8. The van der Waals surface area contributed by atoms with E-state index in [-0.39, 0.29) is 0 Å². The molecule has 0 heterocycles. The molecule has 9 heavy (non-hydrogen) atoms. The zero-order chi connectivity index (χ0) is 7.70. The average molecular weight is 126 g/mol. The van der Waals surface area contributed by atoms with Crippen LogP contribution in [-0.2, 0) is 0 Å². The Morgan fingerprint density at radius 2 is 1.89 bits per heavy atom. The molecule has 0 aliphatic rings. The van der Waals surface area contributed by atoms with Gasteiger partial charge in [-0.25, -0.2) is 4.79 Å². The molecule has 0 unspecified atom stereocenters.